The molecule has 2 atom stereocenters. The Hall–Kier alpha value is -2.67. The number of esters is 1. The first-order chi connectivity index (χ1) is 13.9. The number of ether oxygens (including phenoxy) is 1. The predicted molar refractivity (Wildman–Crippen MR) is 121 cm³/mol. The van der Waals surface area contributed by atoms with Gasteiger partial charge in [-0.05, 0) is 49.7 Å². The monoisotopic (exact) mass is 430 g/mol. The van der Waals surface area contributed by atoms with Crippen molar-refractivity contribution in [1.82, 2.24) is 10.3 Å². The largest absolute Gasteiger partial charge is 0.421 e. The first-order valence-electron chi connectivity index (χ1n) is 9.80. The molecular weight excluding hydrogens is 404 g/mol. The highest BCUT2D eigenvalue weighted by molar-refractivity contribution is 5.95. The van der Waals surface area contributed by atoms with Gasteiger partial charge >= 0.3 is 5.97 Å². The van der Waals surface area contributed by atoms with E-state index in [1.165, 1.54) is 6.07 Å². The van der Waals surface area contributed by atoms with Crippen molar-refractivity contribution in [2.45, 2.75) is 39.3 Å². The van der Waals surface area contributed by atoms with E-state index in [9.17, 15) is 14.7 Å². The summed E-state index contributed by atoms with van der Waals surface area (Å²) in [5.41, 5.74) is 2.21. The molecule has 0 aliphatic heterocycles. The molecule has 0 bridgehead atoms. The van der Waals surface area contributed by atoms with Crippen LogP contribution >= 0.6 is 12.4 Å². The number of benzene rings is 2. The number of hydrogen-bond donors (Lipinski definition) is 3. The van der Waals surface area contributed by atoms with E-state index in [0.717, 1.165) is 18.5 Å². The Morgan fingerprint density at radius 2 is 1.80 bits per heavy atom. The number of aryl methyl sites for hydroxylation is 1. The summed E-state index contributed by atoms with van der Waals surface area (Å²) in [4.78, 5) is 27.2. The molecule has 0 radical (unpaired) electrons. The van der Waals surface area contributed by atoms with Crippen LogP contribution in [0.4, 0.5) is 0 Å². The lowest BCUT2D eigenvalue weighted by molar-refractivity contribution is 0.0736. The third kappa shape index (κ3) is 5.08. The van der Waals surface area contributed by atoms with Gasteiger partial charge in [0.2, 0.25) is 5.56 Å². The van der Waals surface area contributed by atoms with Crippen LogP contribution in [0.5, 0.6) is 5.75 Å². The fourth-order valence-electron chi connectivity index (χ4n) is 3.40. The summed E-state index contributed by atoms with van der Waals surface area (Å²) >= 11 is 0. The molecule has 7 heteroatoms. The van der Waals surface area contributed by atoms with Crippen molar-refractivity contribution in [2.24, 2.45) is 0 Å². The number of aliphatic hydroxyl groups excluding tert-OH is 1. The van der Waals surface area contributed by atoms with Crippen molar-refractivity contribution in [3.63, 3.8) is 0 Å². The highest BCUT2D eigenvalue weighted by Gasteiger charge is 2.22. The number of aromatic amines is 1. The zero-order chi connectivity index (χ0) is 21.0. The molecule has 1 heterocycles. The van der Waals surface area contributed by atoms with Gasteiger partial charge in [0.1, 0.15) is 0 Å². The van der Waals surface area contributed by atoms with Crippen LogP contribution in [0.2, 0.25) is 0 Å². The van der Waals surface area contributed by atoms with Crippen molar-refractivity contribution >= 4 is 29.3 Å². The number of aliphatic hydroxyl groups is 1. The number of nitrogens with one attached hydrogen (secondary N) is 2. The number of H-pyrrole nitrogens is 1. The molecule has 0 saturated heterocycles. The number of likely N-dealkylation sites (N-methyl/N-ethyl adjacent to an activating group) is 1. The van der Waals surface area contributed by atoms with Gasteiger partial charge in [-0.15, -0.1) is 12.4 Å². The number of rotatable bonds is 7. The lowest BCUT2D eigenvalue weighted by Crippen LogP contribution is -2.34. The highest BCUT2D eigenvalue weighted by atomic mass is 35.5. The van der Waals surface area contributed by atoms with Gasteiger partial charge < -0.3 is 20.1 Å². The molecule has 0 aliphatic rings. The molecule has 3 rings (SSSR count). The number of carbonyl (C=O) groups excluding carboxylic acids is 1. The maximum absolute atomic E-state index is 12.5. The third-order valence-electron chi connectivity index (χ3n) is 4.99. The van der Waals surface area contributed by atoms with E-state index in [1.807, 2.05) is 32.9 Å². The molecule has 30 heavy (non-hydrogen) atoms. The second-order valence-electron chi connectivity index (χ2n) is 7.04. The van der Waals surface area contributed by atoms with Gasteiger partial charge in [-0.1, -0.05) is 37.6 Å². The summed E-state index contributed by atoms with van der Waals surface area (Å²) in [7, 11) is 0. The SMILES string of the molecule is CCNC(CC)C(O)c1ccc(OC(=O)c2ccc(C)cc2)c2[nH]c(=O)ccc12.Cl. The van der Waals surface area contributed by atoms with E-state index >= 15 is 0 Å². The van der Waals surface area contributed by atoms with Crippen molar-refractivity contribution in [3.05, 3.63) is 75.6 Å². The summed E-state index contributed by atoms with van der Waals surface area (Å²) in [5, 5.41) is 14.8. The van der Waals surface area contributed by atoms with Crippen molar-refractivity contribution in [2.75, 3.05) is 6.54 Å². The standard InChI is InChI=1S/C23H26N2O4.ClH/c1-4-18(24-5-2)22(27)17-10-12-19(21-16(17)11-13-20(26)25-21)29-23(28)15-8-6-14(3)7-9-15;/h6-13,18,22,24,27H,4-5H2,1-3H3,(H,25,26);1H. The molecule has 0 saturated carbocycles. The number of fused-ring (bicyclic) bond motifs is 1. The van der Waals surface area contributed by atoms with Crippen LogP contribution in [0.3, 0.4) is 0 Å². The quantitative estimate of drug-likeness (QED) is 0.390. The van der Waals surface area contributed by atoms with Gasteiger partial charge in [0.15, 0.2) is 5.75 Å². The van der Waals surface area contributed by atoms with Crippen LogP contribution in [0.25, 0.3) is 10.9 Å². The number of hydrogen-bond acceptors (Lipinski definition) is 5. The minimum absolute atomic E-state index is 0. The van der Waals surface area contributed by atoms with Crippen LogP contribution in [0.15, 0.2) is 53.3 Å². The molecule has 6 nitrogen and oxygen atoms in total. The van der Waals surface area contributed by atoms with Crippen LogP contribution in [-0.4, -0.2) is 28.6 Å². The van der Waals surface area contributed by atoms with Gasteiger partial charge in [-0.2, -0.15) is 0 Å². The van der Waals surface area contributed by atoms with Crippen LogP contribution < -0.4 is 15.6 Å². The first kappa shape index (κ1) is 23.6. The van der Waals surface area contributed by atoms with Crippen molar-refractivity contribution in [1.29, 1.82) is 0 Å². The summed E-state index contributed by atoms with van der Waals surface area (Å²) in [6, 6.07) is 13.3. The summed E-state index contributed by atoms with van der Waals surface area (Å²) < 4.78 is 5.57. The Morgan fingerprint density at radius 1 is 1.10 bits per heavy atom. The molecule has 0 spiro atoms. The van der Waals surface area contributed by atoms with Gasteiger partial charge in [-0.25, -0.2) is 4.79 Å². The molecule has 3 aromatic rings. The lowest BCUT2D eigenvalue weighted by atomic mass is 9.96. The Labute approximate surface area is 181 Å². The maximum atomic E-state index is 12.5. The summed E-state index contributed by atoms with van der Waals surface area (Å²) in [6.45, 7) is 6.65. The number of aromatic nitrogens is 1. The fourth-order valence-corrected chi connectivity index (χ4v) is 3.40. The number of halogens is 1. The minimum atomic E-state index is -0.768. The Kier molecular flexibility index (Phi) is 8.17. The van der Waals surface area contributed by atoms with Gasteiger partial charge in [-0.3, -0.25) is 4.79 Å². The molecular formula is C23H27ClN2O4. The average molecular weight is 431 g/mol. The second kappa shape index (κ2) is 10.4. The van der Waals surface area contributed by atoms with E-state index in [1.54, 1.807) is 30.3 Å². The zero-order valence-corrected chi connectivity index (χ0v) is 18.1. The Morgan fingerprint density at radius 3 is 2.43 bits per heavy atom. The van der Waals surface area contributed by atoms with Gasteiger partial charge in [0.25, 0.3) is 0 Å². The third-order valence-corrected chi connectivity index (χ3v) is 4.99. The number of carbonyl (C=O) groups is 1. The average Bonchev–Trinajstić information content (AvgIpc) is 2.72. The van der Waals surface area contributed by atoms with Crippen molar-refractivity contribution in [3.8, 4) is 5.75 Å². The zero-order valence-electron chi connectivity index (χ0n) is 17.3. The summed E-state index contributed by atoms with van der Waals surface area (Å²) in [5.74, 6) is -0.265. The maximum Gasteiger partial charge on any atom is 0.343 e. The van der Waals surface area contributed by atoms with Crippen LogP contribution in [0, 0.1) is 6.92 Å². The molecule has 1 aromatic heterocycles. The molecule has 2 unspecified atom stereocenters. The summed E-state index contributed by atoms with van der Waals surface area (Å²) in [6.07, 6.45) is -0.0282. The van der Waals surface area contributed by atoms with E-state index < -0.39 is 12.1 Å². The van der Waals surface area contributed by atoms with E-state index in [-0.39, 0.29) is 29.8 Å². The van der Waals surface area contributed by atoms with Crippen molar-refractivity contribution < 1.29 is 14.6 Å². The highest BCUT2D eigenvalue weighted by Crippen LogP contribution is 2.32. The lowest BCUT2D eigenvalue weighted by Gasteiger charge is -2.24. The van der Waals surface area contributed by atoms with E-state index in [0.29, 0.717) is 22.0 Å². The Balaban J connectivity index is 0.00000320. The topological polar surface area (TPSA) is 91.4 Å². The number of pyridine rings is 1. The molecule has 2 aromatic carbocycles. The normalized spacial score (nSPS) is 12.8. The second-order valence-corrected chi connectivity index (χ2v) is 7.04. The van der Waals surface area contributed by atoms with E-state index in [2.05, 4.69) is 10.3 Å². The molecule has 0 aliphatic carbocycles. The molecule has 160 valence electrons. The minimum Gasteiger partial charge on any atom is -0.421 e. The first-order valence-corrected chi connectivity index (χ1v) is 9.80. The van der Waals surface area contributed by atoms with Crippen LogP contribution in [-0.2, 0) is 0 Å². The Bertz CT molecular complexity index is 1060. The van der Waals surface area contributed by atoms with Crippen LogP contribution in [0.1, 0.15) is 47.9 Å². The molecule has 3 N–H and O–H groups in total. The fraction of sp³-hybridized carbons (Fsp3) is 0.304. The predicted octanol–water partition coefficient (Wildman–Crippen LogP) is 3.90. The molecule has 0 amide bonds. The van der Waals surface area contributed by atoms with E-state index in [4.69, 9.17) is 4.74 Å². The van der Waals surface area contributed by atoms with Gasteiger partial charge in [0, 0.05) is 17.5 Å². The molecule has 0 fully saturated rings. The smallest absolute Gasteiger partial charge is 0.343 e. The van der Waals surface area contributed by atoms with Gasteiger partial charge in [0.05, 0.1) is 17.2 Å².